The van der Waals surface area contributed by atoms with Crippen LogP contribution in [0.4, 0.5) is 11.9 Å². The Morgan fingerprint density at radius 3 is 3.05 bits per heavy atom. The first-order valence-electron chi connectivity index (χ1n) is 7.30. The fraction of sp³-hybridized carbons (Fsp3) is 0.769. The summed E-state index contributed by atoms with van der Waals surface area (Å²) in [5.74, 6) is 1.03. The molecule has 2 aliphatic rings. The van der Waals surface area contributed by atoms with Crippen LogP contribution in [0.1, 0.15) is 12.8 Å². The largest absolute Gasteiger partial charge is 0.373 e. The van der Waals surface area contributed by atoms with Gasteiger partial charge in [0.25, 0.3) is 0 Å². The number of rotatable bonds is 4. The van der Waals surface area contributed by atoms with Crippen molar-refractivity contribution >= 4 is 23.5 Å². The van der Waals surface area contributed by atoms with E-state index in [1.54, 1.807) is 4.90 Å². The molecule has 0 amide bonds. The number of hydrogen-bond donors (Lipinski definition) is 1. The van der Waals surface area contributed by atoms with Crippen molar-refractivity contribution in [2.45, 2.75) is 25.0 Å². The highest BCUT2D eigenvalue weighted by Gasteiger charge is 2.32. The number of ether oxygens (including phenoxy) is 1. The summed E-state index contributed by atoms with van der Waals surface area (Å²) in [4.78, 5) is 16.8. The third kappa shape index (κ3) is 3.53. The van der Waals surface area contributed by atoms with Crippen molar-refractivity contribution < 1.29 is 4.74 Å². The molecule has 0 saturated carbocycles. The second-order valence-corrected chi connectivity index (χ2v) is 6.09. The molecule has 0 spiro atoms. The van der Waals surface area contributed by atoms with Crippen LogP contribution in [0.15, 0.2) is 0 Å². The number of halogens is 1. The van der Waals surface area contributed by atoms with Crippen LogP contribution in [0, 0.1) is 0 Å². The lowest BCUT2D eigenvalue weighted by Crippen LogP contribution is -2.48. The van der Waals surface area contributed by atoms with E-state index in [1.807, 2.05) is 14.1 Å². The Balaban J connectivity index is 1.57. The van der Waals surface area contributed by atoms with Crippen LogP contribution >= 0.6 is 11.6 Å². The molecule has 8 heteroatoms. The van der Waals surface area contributed by atoms with E-state index in [1.165, 1.54) is 19.4 Å². The van der Waals surface area contributed by atoms with Gasteiger partial charge in [-0.15, -0.1) is 0 Å². The average molecular weight is 313 g/mol. The van der Waals surface area contributed by atoms with E-state index in [0.29, 0.717) is 24.5 Å². The van der Waals surface area contributed by atoms with Crippen LogP contribution in [-0.2, 0) is 4.74 Å². The molecule has 7 nitrogen and oxygen atoms in total. The van der Waals surface area contributed by atoms with E-state index in [0.717, 1.165) is 13.2 Å². The van der Waals surface area contributed by atoms with Crippen molar-refractivity contribution in [1.29, 1.82) is 0 Å². The predicted molar refractivity (Wildman–Crippen MR) is 82.0 cm³/mol. The van der Waals surface area contributed by atoms with Crippen molar-refractivity contribution in [3.63, 3.8) is 0 Å². The van der Waals surface area contributed by atoms with Crippen molar-refractivity contribution in [2.75, 3.05) is 50.6 Å². The summed E-state index contributed by atoms with van der Waals surface area (Å²) in [6.07, 6.45) is 2.71. The van der Waals surface area contributed by atoms with Crippen LogP contribution in [0.3, 0.4) is 0 Å². The van der Waals surface area contributed by atoms with Crippen molar-refractivity contribution in [1.82, 2.24) is 19.9 Å². The third-order valence-corrected chi connectivity index (χ3v) is 4.11. The van der Waals surface area contributed by atoms with Gasteiger partial charge in [-0.1, -0.05) is 0 Å². The normalized spacial score (nSPS) is 25.7. The SMILES string of the molecule is CN(C)c1nc(Cl)nc(NCC2CN3CCCC3CO2)n1. The summed E-state index contributed by atoms with van der Waals surface area (Å²) < 4.78 is 5.90. The Labute approximate surface area is 129 Å². The van der Waals surface area contributed by atoms with Crippen LogP contribution < -0.4 is 10.2 Å². The summed E-state index contributed by atoms with van der Waals surface area (Å²) in [6.45, 7) is 3.66. The maximum atomic E-state index is 5.92. The number of nitrogens with one attached hydrogen (secondary N) is 1. The van der Waals surface area contributed by atoms with Crippen molar-refractivity contribution in [2.24, 2.45) is 0 Å². The minimum absolute atomic E-state index is 0.165. The van der Waals surface area contributed by atoms with E-state index in [2.05, 4.69) is 25.2 Å². The molecule has 0 aromatic carbocycles. The second-order valence-electron chi connectivity index (χ2n) is 5.75. The summed E-state index contributed by atoms with van der Waals surface area (Å²) >= 11 is 5.92. The Bertz CT molecular complexity index is 500. The van der Waals surface area contributed by atoms with Gasteiger partial charge in [-0.3, -0.25) is 4.90 Å². The number of aromatic nitrogens is 3. The highest BCUT2D eigenvalue weighted by molar-refractivity contribution is 6.28. The maximum Gasteiger partial charge on any atom is 0.230 e. The molecule has 0 aliphatic carbocycles. The number of morpholine rings is 1. The van der Waals surface area contributed by atoms with E-state index < -0.39 is 0 Å². The first-order chi connectivity index (χ1) is 10.1. The molecular weight excluding hydrogens is 292 g/mol. The van der Waals surface area contributed by atoms with Gasteiger partial charge >= 0.3 is 0 Å². The van der Waals surface area contributed by atoms with Crippen LogP contribution in [-0.4, -0.2) is 72.3 Å². The molecule has 0 bridgehead atoms. The highest BCUT2D eigenvalue weighted by atomic mass is 35.5. The number of anilines is 2. The highest BCUT2D eigenvalue weighted by Crippen LogP contribution is 2.22. The second kappa shape index (κ2) is 6.29. The van der Waals surface area contributed by atoms with Gasteiger partial charge in [-0.2, -0.15) is 15.0 Å². The lowest BCUT2D eigenvalue weighted by molar-refractivity contribution is -0.0416. The molecule has 3 rings (SSSR count). The summed E-state index contributed by atoms with van der Waals surface area (Å²) in [7, 11) is 3.74. The molecule has 3 heterocycles. The third-order valence-electron chi connectivity index (χ3n) is 3.95. The molecule has 2 aliphatic heterocycles. The lowest BCUT2D eigenvalue weighted by Gasteiger charge is -2.35. The summed E-state index contributed by atoms with van der Waals surface area (Å²) in [5.41, 5.74) is 0. The molecule has 116 valence electrons. The van der Waals surface area contributed by atoms with Gasteiger partial charge < -0.3 is 15.0 Å². The van der Waals surface area contributed by atoms with Gasteiger partial charge in [-0.05, 0) is 31.0 Å². The molecule has 2 atom stereocenters. The number of hydrogen-bond acceptors (Lipinski definition) is 7. The average Bonchev–Trinajstić information content (AvgIpc) is 2.92. The van der Waals surface area contributed by atoms with Gasteiger partial charge in [0.1, 0.15) is 0 Å². The smallest absolute Gasteiger partial charge is 0.230 e. The summed E-state index contributed by atoms with van der Waals surface area (Å²) in [5, 5.41) is 3.40. The molecule has 2 fully saturated rings. The molecule has 1 N–H and O–H groups in total. The Morgan fingerprint density at radius 1 is 1.38 bits per heavy atom. The first-order valence-corrected chi connectivity index (χ1v) is 7.68. The zero-order valence-corrected chi connectivity index (χ0v) is 13.2. The summed E-state index contributed by atoms with van der Waals surface area (Å²) in [6, 6.07) is 0.619. The first kappa shape index (κ1) is 14.7. The zero-order chi connectivity index (χ0) is 14.8. The zero-order valence-electron chi connectivity index (χ0n) is 12.4. The fourth-order valence-electron chi connectivity index (χ4n) is 2.83. The Kier molecular flexibility index (Phi) is 4.42. The van der Waals surface area contributed by atoms with Crippen molar-refractivity contribution in [3.05, 3.63) is 5.28 Å². The van der Waals surface area contributed by atoms with E-state index >= 15 is 0 Å². The number of nitrogens with zero attached hydrogens (tertiary/aromatic N) is 5. The van der Waals surface area contributed by atoms with E-state index in [4.69, 9.17) is 16.3 Å². The van der Waals surface area contributed by atoms with Crippen LogP contribution in [0.2, 0.25) is 5.28 Å². The minimum atomic E-state index is 0.165. The van der Waals surface area contributed by atoms with Crippen LogP contribution in [0.25, 0.3) is 0 Å². The van der Waals surface area contributed by atoms with E-state index in [9.17, 15) is 0 Å². The Hall–Kier alpha value is -1.18. The minimum Gasteiger partial charge on any atom is -0.373 e. The maximum absolute atomic E-state index is 5.92. The van der Waals surface area contributed by atoms with Gasteiger partial charge in [0.2, 0.25) is 17.2 Å². The molecule has 0 radical (unpaired) electrons. The quantitative estimate of drug-likeness (QED) is 0.884. The Morgan fingerprint density at radius 2 is 2.24 bits per heavy atom. The molecule has 21 heavy (non-hydrogen) atoms. The monoisotopic (exact) mass is 312 g/mol. The predicted octanol–water partition coefficient (Wildman–Crippen LogP) is 0.866. The fourth-order valence-corrected chi connectivity index (χ4v) is 2.99. The number of fused-ring (bicyclic) bond motifs is 1. The van der Waals surface area contributed by atoms with Crippen molar-refractivity contribution in [3.8, 4) is 0 Å². The van der Waals surface area contributed by atoms with Gasteiger partial charge in [0, 0.05) is 33.2 Å². The molecule has 2 unspecified atom stereocenters. The van der Waals surface area contributed by atoms with E-state index in [-0.39, 0.29) is 11.4 Å². The standard InChI is InChI=1S/C13H21ClN6O/c1-19(2)13-17-11(14)16-12(18-13)15-6-10-7-20-5-3-4-9(20)8-21-10/h9-10H,3-8H2,1-2H3,(H,15,16,17,18). The van der Waals surface area contributed by atoms with Crippen LogP contribution in [0.5, 0.6) is 0 Å². The molecule has 1 aromatic heterocycles. The topological polar surface area (TPSA) is 66.4 Å². The lowest BCUT2D eigenvalue weighted by atomic mass is 10.2. The van der Waals surface area contributed by atoms with Gasteiger partial charge in [0.05, 0.1) is 12.7 Å². The molecular formula is C13H21ClN6O. The van der Waals surface area contributed by atoms with Gasteiger partial charge in [0.15, 0.2) is 0 Å². The van der Waals surface area contributed by atoms with Gasteiger partial charge in [-0.25, -0.2) is 0 Å². The molecule has 1 aromatic rings. The molecule has 2 saturated heterocycles.